The van der Waals surface area contributed by atoms with Crippen LogP contribution in [0.15, 0.2) is 40.4 Å². The van der Waals surface area contributed by atoms with E-state index in [9.17, 15) is 0 Å². The molecule has 0 aliphatic heterocycles. The van der Waals surface area contributed by atoms with E-state index in [-0.39, 0.29) is 0 Å². The SMILES string of the molecule is CC(C)c1cc(Br)ccc1Oc1ncnc2ccsc12. The van der Waals surface area contributed by atoms with E-state index >= 15 is 0 Å². The third-order valence-electron chi connectivity index (χ3n) is 3.01. The molecule has 0 atom stereocenters. The fourth-order valence-corrected chi connectivity index (χ4v) is 3.16. The van der Waals surface area contributed by atoms with Gasteiger partial charge in [-0.25, -0.2) is 9.97 Å². The maximum atomic E-state index is 6.04. The zero-order valence-corrected chi connectivity index (χ0v) is 13.5. The van der Waals surface area contributed by atoms with Gasteiger partial charge in [-0.2, -0.15) is 0 Å². The van der Waals surface area contributed by atoms with Crippen LogP contribution in [0, 0.1) is 0 Å². The van der Waals surface area contributed by atoms with Gasteiger partial charge < -0.3 is 4.74 Å². The molecule has 0 N–H and O–H groups in total. The predicted molar refractivity (Wildman–Crippen MR) is 85.7 cm³/mol. The van der Waals surface area contributed by atoms with Crippen molar-refractivity contribution in [3.8, 4) is 11.6 Å². The Hall–Kier alpha value is -1.46. The Labute approximate surface area is 129 Å². The normalized spacial score (nSPS) is 11.2. The molecule has 3 nitrogen and oxygen atoms in total. The average molecular weight is 349 g/mol. The highest BCUT2D eigenvalue weighted by Crippen LogP contribution is 2.35. The Morgan fingerprint density at radius 2 is 2.05 bits per heavy atom. The molecule has 0 saturated heterocycles. The smallest absolute Gasteiger partial charge is 0.240 e. The monoisotopic (exact) mass is 348 g/mol. The number of benzene rings is 1. The molecule has 0 radical (unpaired) electrons. The second-order valence-corrected chi connectivity index (χ2v) is 6.58. The number of halogens is 1. The molecule has 0 bridgehead atoms. The van der Waals surface area contributed by atoms with Gasteiger partial charge in [-0.1, -0.05) is 29.8 Å². The molecular weight excluding hydrogens is 336 g/mol. The highest BCUT2D eigenvalue weighted by molar-refractivity contribution is 9.10. The minimum atomic E-state index is 0.378. The number of rotatable bonds is 3. The summed E-state index contributed by atoms with van der Waals surface area (Å²) in [4.78, 5) is 8.49. The third-order valence-corrected chi connectivity index (χ3v) is 4.40. The minimum absolute atomic E-state index is 0.378. The largest absolute Gasteiger partial charge is 0.437 e. The molecule has 0 unspecified atom stereocenters. The van der Waals surface area contributed by atoms with Crippen LogP contribution in [0.1, 0.15) is 25.3 Å². The molecule has 102 valence electrons. The summed E-state index contributed by atoms with van der Waals surface area (Å²) in [5.74, 6) is 1.84. The molecule has 3 aromatic rings. The van der Waals surface area contributed by atoms with Gasteiger partial charge in [0.05, 0.1) is 5.52 Å². The summed E-state index contributed by atoms with van der Waals surface area (Å²) >= 11 is 5.10. The van der Waals surface area contributed by atoms with E-state index in [1.54, 1.807) is 11.3 Å². The Morgan fingerprint density at radius 1 is 1.20 bits per heavy atom. The van der Waals surface area contributed by atoms with Crippen LogP contribution in [0.4, 0.5) is 0 Å². The van der Waals surface area contributed by atoms with E-state index in [1.165, 1.54) is 6.33 Å². The lowest BCUT2D eigenvalue weighted by molar-refractivity contribution is 0.460. The number of fused-ring (bicyclic) bond motifs is 1. The molecule has 2 aromatic heterocycles. The maximum absolute atomic E-state index is 6.04. The van der Waals surface area contributed by atoms with Gasteiger partial charge in [0, 0.05) is 4.47 Å². The van der Waals surface area contributed by atoms with Gasteiger partial charge in [-0.3, -0.25) is 0 Å². The summed E-state index contributed by atoms with van der Waals surface area (Å²) in [6, 6.07) is 8.02. The van der Waals surface area contributed by atoms with E-state index < -0.39 is 0 Å². The highest BCUT2D eigenvalue weighted by atomic mass is 79.9. The van der Waals surface area contributed by atoms with Crippen molar-refractivity contribution in [3.05, 3.63) is 46.0 Å². The second kappa shape index (κ2) is 5.50. The van der Waals surface area contributed by atoms with E-state index in [0.717, 1.165) is 26.0 Å². The number of thiophene rings is 1. The van der Waals surface area contributed by atoms with Gasteiger partial charge in [0.2, 0.25) is 5.88 Å². The zero-order valence-electron chi connectivity index (χ0n) is 11.1. The standard InChI is InChI=1S/C15H13BrN2OS/c1-9(2)11-7-10(16)3-4-13(11)19-15-14-12(5-6-20-14)17-8-18-15/h3-9H,1-2H3. The van der Waals surface area contributed by atoms with Crippen LogP contribution in [-0.4, -0.2) is 9.97 Å². The quantitative estimate of drug-likeness (QED) is 0.638. The Morgan fingerprint density at radius 3 is 2.85 bits per heavy atom. The molecule has 0 amide bonds. The van der Waals surface area contributed by atoms with Crippen LogP contribution >= 0.6 is 27.3 Å². The van der Waals surface area contributed by atoms with Gasteiger partial charge in [-0.05, 0) is 41.1 Å². The summed E-state index contributed by atoms with van der Waals surface area (Å²) < 4.78 is 8.07. The predicted octanol–water partition coefficient (Wildman–Crippen LogP) is 5.37. The number of ether oxygens (including phenoxy) is 1. The van der Waals surface area contributed by atoms with Crippen LogP contribution in [0.25, 0.3) is 10.2 Å². The first-order chi connectivity index (χ1) is 9.65. The first-order valence-electron chi connectivity index (χ1n) is 6.30. The molecule has 0 fully saturated rings. The van der Waals surface area contributed by atoms with Crippen LogP contribution in [-0.2, 0) is 0 Å². The van der Waals surface area contributed by atoms with E-state index in [0.29, 0.717) is 11.8 Å². The highest BCUT2D eigenvalue weighted by Gasteiger charge is 2.12. The number of aromatic nitrogens is 2. The van der Waals surface area contributed by atoms with Crippen LogP contribution < -0.4 is 4.74 Å². The topological polar surface area (TPSA) is 35.0 Å². The van der Waals surface area contributed by atoms with Crippen molar-refractivity contribution < 1.29 is 4.74 Å². The van der Waals surface area contributed by atoms with Gasteiger partial charge in [0.15, 0.2) is 0 Å². The summed E-state index contributed by atoms with van der Waals surface area (Å²) in [5, 5.41) is 2.00. The molecule has 0 aliphatic carbocycles. The number of hydrogen-bond acceptors (Lipinski definition) is 4. The third kappa shape index (κ3) is 2.55. The Balaban J connectivity index is 2.05. The van der Waals surface area contributed by atoms with Crippen molar-refractivity contribution in [1.82, 2.24) is 9.97 Å². The molecule has 5 heteroatoms. The molecule has 0 aliphatic rings. The zero-order chi connectivity index (χ0) is 14.1. The molecule has 1 aromatic carbocycles. The van der Waals surface area contributed by atoms with Gasteiger partial charge in [0.1, 0.15) is 16.8 Å². The molecule has 3 rings (SSSR count). The molecular formula is C15H13BrN2OS. The maximum Gasteiger partial charge on any atom is 0.240 e. The van der Waals surface area contributed by atoms with E-state index in [1.807, 2.05) is 23.6 Å². The fourth-order valence-electron chi connectivity index (χ4n) is 2.01. The lowest BCUT2D eigenvalue weighted by Gasteiger charge is -2.13. The van der Waals surface area contributed by atoms with Crippen molar-refractivity contribution in [2.75, 3.05) is 0 Å². The van der Waals surface area contributed by atoms with Crippen LogP contribution in [0.2, 0.25) is 0 Å². The second-order valence-electron chi connectivity index (χ2n) is 4.75. The summed E-state index contributed by atoms with van der Waals surface area (Å²) in [7, 11) is 0. The fraction of sp³-hybridized carbons (Fsp3) is 0.200. The van der Waals surface area contributed by atoms with Crippen molar-refractivity contribution >= 4 is 37.5 Å². The van der Waals surface area contributed by atoms with Crippen molar-refractivity contribution in [3.63, 3.8) is 0 Å². The Kier molecular flexibility index (Phi) is 3.72. The molecule has 20 heavy (non-hydrogen) atoms. The lowest BCUT2D eigenvalue weighted by Crippen LogP contribution is -1.96. The van der Waals surface area contributed by atoms with E-state index in [4.69, 9.17) is 4.74 Å². The average Bonchev–Trinajstić information content (AvgIpc) is 2.90. The van der Waals surface area contributed by atoms with Gasteiger partial charge >= 0.3 is 0 Å². The summed E-state index contributed by atoms with van der Waals surface area (Å²) in [6.07, 6.45) is 1.54. The van der Waals surface area contributed by atoms with Gasteiger partial charge in [-0.15, -0.1) is 11.3 Å². The van der Waals surface area contributed by atoms with Crippen LogP contribution in [0.5, 0.6) is 11.6 Å². The van der Waals surface area contributed by atoms with Crippen molar-refractivity contribution in [2.24, 2.45) is 0 Å². The first-order valence-corrected chi connectivity index (χ1v) is 7.98. The lowest BCUT2D eigenvalue weighted by atomic mass is 10.0. The van der Waals surface area contributed by atoms with Crippen molar-refractivity contribution in [1.29, 1.82) is 0 Å². The number of nitrogens with zero attached hydrogens (tertiary/aromatic N) is 2. The van der Waals surface area contributed by atoms with E-state index in [2.05, 4.69) is 45.8 Å². The molecule has 2 heterocycles. The molecule has 0 spiro atoms. The minimum Gasteiger partial charge on any atom is -0.437 e. The summed E-state index contributed by atoms with van der Waals surface area (Å²) in [5.41, 5.74) is 2.07. The Bertz CT molecular complexity index is 754. The number of hydrogen-bond donors (Lipinski definition) is 0. The van der Waals surface area contributed by atoms with Crippen LogP contribution in [0.3, 0.4) is 0 Å². The molecule has 0 saturated carbocycles. The first kappa shape index (κ1) is 13.5. The van der Waals surface area contributed by atoms with Crippen molar-refractivity contribution in [2.45, 2.75) is 19.8 Å². The van der Waals surface area contributed by atoms with Gasteiger partial charge in [0.25, 0.3) is 0 Å². The summed E-state index contributed by atoms with van der Waals surface area (Å²) in [6.45, 7) is 4.30.